The third-order valence-corrected chi connectivity index (χ3v) is 13.8. The van der Waals surface area contributed by atoms with Crippen molar-refractivity contribution in [2.24, 2.45) is 0 Å². The van der Waals surface area contributed by atoms with Crippen LogP contribution in [0.5, 0.6) is 0 Å². The molecule has 0 aliphatic carbocycles. The average molecular weight is 791 g/mol. The summed E-state index contributed by atoms with van der Waals surface area (Å²) in [5, 5.41) is 14.7. The van der Waals surface area contributed by atoms with Gasteiger partial charge in [-0.05, 0) is 103 Å². The molecule has 13 rings (SSSR count). The second-order valence-corrected chi connectivity index (χ2v) is 17.1. The van der Waals surface area contributed by atoms with Crippen molar-refractivity contribution in [3.63, 3.8) is 0 Å². The zero-order valence-corrected chi connectivity index (χ0v) is 33.7. The summed E-state index contributed by atoms with van der Waals surface area (Å²) in [4.78, 5) is 10.9. The van der Waals surface area contributed by atoms with Gasteiger partial charge >= 0.3 is 0 Å². The maximum absolute atomic E-state index is 5.43. The third kappa shape index (κ3) is 5.28. The summed E-state index contributed by atoms with van der Waals surface area (Å²) in [5.74, 6) is 0. The van der Waals surface area contributed by atoms with Gasteiger partial charge in [0, 0.05) is 52.8 Å². The quantitative estimate of drug-likeness (QED) is 0.166. The highest BCUT2D eigenvalue weighted by Gasteiger charge is 2.17. The molecule has 2 nitrogen and oxygen atoms in total. The zero-order valence-electron chi connectivity index (χ0n) is 32.9. The van der Waals surface area contributed by atoms with E-state index in [9.17, 15) is 0 Å². The van der Waals surface area contributed by atoms with Crippen molar-refractivity contribution in [3.05, 3.63) is 206 Å². The number of hydrogen-bond acceptors (Lipinski definition) is 3. The summed E-state index contributed by atoms with van der Waals surface area (Å²) in [6.45, 7) is 0. The van der Waals surface area contributed by atoms with Crippen LogP contribution in [-0.4, -0.2) is 9.97 Å². The predicted octanol–water partition coefficient (Wildman–Crippen LogP) is 16.4. The fraction of sp³-hybridized carbons (Fsp3) is 0. The van der Waals surface area contributed by atoms with Crippen molar-refractivity contribution in [2.75, 3.05) is 0 Å². The number of rotatable bonds is 4. The Labute approximate surface area is 355 Å². The van der Waals surface area contributed by atoms with Crippen LogP contribution in [0.2, 0.25) is 0 Å². The number of nitrogens with zero attached hydrogens (tertiary/aromatic N) is 2. The topological polar surface area (TPSA) is 25.8 Å². The number of thiophene rings is 1. The largest absolute Gasteiger partial charge is 0.247 e. The Kier molecular flexibility index (Phi) is 7.51. The summed E-state index contributed by atoms with van der Waals surface area (Å²) < 4.78 is 2.55. The molecule has 0 aliphatic rings. The molecule has 282 valence electrons. The van der Waals surface area contributed by atoms with Gasteiger partial charge in [0.1, 0.15) is 0 Å². The molecule has 10 aromatic carbocycles. The van der Waals surface area contributed by atoms with Gasteiger partial charge in [0.2, 0.25) is 0 Å². The first-order chi connectivity index (χ1) is 30.2. The molecule has 3 aromatic heterocycles. The van der Waals surface area contributed by atoms with E-state index in [2.05, 4.69) is 206 Å². The number of hydrogen-bond donors (Lipinski definition) is 0. The van der Waals surface area contributed by atoms with Crippen LogP contribution in [0, 0.1) is 0 Å². The Morgan fingerprint density at radius 1 is 0.246 bits per heavy atom. The Morgan fingerprint density at radius 2 is 0.557 bits per heavy atom. The molecule has 0 radical (unpaired) electrons. The maximum Gasteiger partial charge on any atom is 0.0794 e. The van der Waals surface area contributed by atoms with Gasteiger partial charge in [0.25, 0.3) is 0 Å². The molecule has 0 unspecified atom stereocenters. The zero-order chi connectivity index (χ0) is 40.0. The van der Waals surface area contributed by atoms with Crippen molar-refractivity contribution < 1.29 is 0 Å². The molecule has 13 aromatic rings. The lowest BCUT2D eigenvalue weighted by molar-refractivity contribution is 1.41. The van der Waals surface area contributed by atoms with E-state index in [1.807, 2.05) is 11.3 Å². The van der Waals surface area contributed by atoms with Crippen LogP contribution in [0.1, 0.15) is 0 Å². The van der Waals surface area contributed by atoms with Crippen LogP contribution in [0.15, 0.2) is 206 Å². The SMILES string of the molecule is c1ccc(-c2ccc3c4ccccc4c4ccccc4c3n2)c(-c2ccc3sc4ccc(-c5ccccc5-c5ccc6c7ccccc7c7ccccc7c6n5)cc4c3c2)c1. The highest BCUT2D eigenvalue weighted by molar-refractivity contribution is 7.25. The van der Waals surface area contributed by atoms with Crippen molar-refractivity contribution >= 4 is 96.4 Å². The van der Waals surface area contributed by atoms with Gasteiger partial charge in [-0.25, -0.2) is 9.97 Å². The molecule has 0 fully saturated rings. The minimum absolute atomic E-state index is 0.973. The van der Waals surface area contributed by atoms with E-state index in [4.69, 9.17) is 9.97 Å². The van der Waals surface area contributed by atoms with Crippen LogP contribution >= 0.6 is 11.3 Å². The van der Waals surface area contributed by atoms with E-state index in [1.54, 1.807) is 0 Å². The average Bonchev–Trinajstić information content (AvgIpc) is 3.71. The molecule has 0 amide bonds. The fourth-order valence-corrected chi connectivity index (χ4v) is 10.9. The van der Waals surface area contributed by atoms with Crippen molar-refractivity contribution in [2.45, 2.75) is 0 Å². The Morgan fingerprint density at radius 3 is 0.951 bits per heavy atom. The Balaban J connectivity index is 0.939. The van der Waals surface area contributed by atoms with E-state index in [0.29, 0.717) is 0 Å². The van der Waals surface area contributed by atoms with Crippen LogP contribution in [0.4, 0.5) is 0 Å². The fourth-order valence-electron chi connectivity index (χ4n) is 9.85. The smallest absolute Gasteiger partial charge is 0.0794 e. The molecule has 3 heterocycles. The molecule has 0 saturated carbocycles. The van der Waals surface area contributed by atoms with E-state index in [-0.39, 0.29) is 0 Å². The van der Waals surface area contributed by atoms with Gasteiger partial charge in [-0.3, -0.25) is 0 Å². The molecule has 61 heavy (non-hydrogen) atoms. The summed E-state index contributed by atoms with van der Waals surface area (Å²) in [6, 6.07) is 74.9. The summed E-state index contributed by atoms with van der Waals surface area (Å²) in [7, 11) is 0. The number of pyridine rings is 2. The number of fused-ring (bicyclic) bond motifs is 15. The number of aromatic nitrogens is 2. The second-order valence-electron chi connectivity index (χ2n) is 16.0. The van der Waals surface area contributed by atoms with Gasteiger partial charge in [-0.2, -0.15) is 0 Å². The van der Waals surface area contributed by atoms with Crippen LogP contribution in [-0.2, 0) is 0 Å². The van der Waals surface area contributed by atoms with Crippen LogP contribution in [0.25, 0.3) is 130 Å². The maximum atomic E-state index is 5.43. The first-order valence-corrected chi connectivity index (χ1v) is 21.6. The molecule has 3 heteroatoms. The highest BCUT2D eigenvalue weighted by atomic mass is 32.1. The van der Waals surface area contributed by atoms with Crippen LogP contribution in [0.3, 0.4) is 0 Å². The van der Waals surface area contributed by atoms with Crippen molar-refractivity contribution in [1.29, 1.82) is 0 Å². The van der Waals surface area contributed by atoms with E-state index in [1.165, 1.54) is 96.3 Å². The summed E-state index contributed by atoms with van der Waals surface area (Å²) in [6.07, 6.45) is 0. The minimum Gasteiger partial charge on any atom is -0.247 e. The highest BCUT2D eigenvalue weighted by Crippen LogP contribution is 2.43. The van der Waals surface area contributed by atoms with Gasteiger partial charge in [-0.1, -0.05) is 158 Å². The molecule has 0 atom stereocenters. The Hall–Kier alpha value is -7.72. The lowest BCUT2D eigenvalue weighted by Gasteiger charge is -2.14. The molecule has 0 N–H and O–H groups in total. The van der Waals surface area contributed by atoms with Gasteiger partial charge < -0.3 is 0 Å². The minimum atomic E-state index is 0.973. The van der Waals surface area contributed by atoms with Crippen molar-refractivity contribution in [3.8, 4) is 44.8 Å². The van der Waals surface area contributed by atoms with Gasteiger partial charge in [0.05, 0.1) is 22.4 Å². The first kappa shape index (κ1) is 34.2. The third-order valence-electron chi connectivity index (χ3n) is 12.7. The van der Waals surface area contributed by atoms with E-state index < -0.39 is 0 Å². The molecule has 0 spiro atoms. The normalized spacial score (nSPS) is 11.9. The standard InChI is InChI=1S/C58H34N2S/c1-9-21-45(53-29-27-49-43-19-5-3-15-39(43)41-17-7-11-23-47(41)57(49)59-53)37(13-1)35-25-31-55-51(33-35)52-34-36(26-32-56(52)61-55)38-14-2-10-22-46(38)54-30-28-50-44-20-6-4-16-40(44)42-18-8-12-24-48(42)58(50)60-54/h1-34H. The molecule has 0 aliphatic heterocycles. The summed E-state index contributed by atoms with van der Waals surface area (Å²) >= 11 is 1.85. The Bertz CT molecular complexity index is 3630. The molecular formula is C58H34N2S. The molecular weight excluding hydrogens is 757 g/mol. The first-order valence-electron chi connectivity index (χ1n) is 20.8. The van der Waals surface area contributed by atoms with Crippen LogP contribution < -0.4 is 0 Å². The lowest BCUT2D eigenvalue weighted by atomic mass is 9.93. The monoisotopic (exact) mass is 790 g/mol. The van der Waals surface area contributed by atoms with Gasteiger partial charge in [-0.15, -0.1) is 11.3 Å². The van der Waals surface area contributed by atoms with Gasteiger partial charge in [0.15, 0.2) is 0 Å². The van der Waals surface area contributed by atoms with E-state index in [0.717, 1.165) is 33.5 Å². The summed E-state index contributed by atoms with van der Waals surface area (Å²) in [5.41, 5.74) is 11.0. The van der Waals surface area contributed by atoms with Crippen molar-refractivity contribution in [1.82, 2.24) is 9.97 Å². The predicted molar refractivity (Wildman–Crippen MR) is 262 cm³/mol. The second kappa shape index (κ2) is 13.4. The lowest BCUT2D eigenvalue weighted by Crippen LogP contribution is -1.91. The molecule has 0 bridgehead atoms. The molecule has 0 saturated heterocycles. The number of benzene rings is 10. The van der Waals surface area contributed by atoms with E-state index >= 15 is 0 Å².